The molecule has 0 saturated heterocycles. The Kier molecular flexibility index (Phi) is 9.11. The summed E-state index contributed by atoms with van der Waals surface area (Å²) in [5.41, 5.74) is 3.40. The highest BCUT2D eigenvalue weighted by atomic mass is 35.5. The van der Waals surface area contributed by atoms with Gasteiger partial charge in [0.15, 0.2) is 0 Å². The predicted octanol–water partition coefficient (Wildman–Crippen LogP) is 5.87. The van der Waals surface area contributed by atoms with Gasteiger partial charge in [0.05, 0.1) is 17.8 Å². The lowest BCUT2D eigenvalue weighted by Gasteiger charge is -2.16. The van der Waals surface area contributed by atoms with Crippen LogP contribution in [0.2, 0.25) is 5.02 Å². The topological polar surface area (TPSA) is 93.8 Å². The van der Waals surface area contributed by atoms with Crippen LogP contribution in [0.3, 0.4) is 0 Å². The maximum atomic E-state index is 13.4. The van der Waals surface area contributed by atoms with E-state index >= 15 is 0 Å². The minimum atomic E-state index is -0.545. The number of anilines is 1. The van der Waals surface area contributed by atoms with Gasteiger partial charge in [-0.1, -0.05) is 60.7 Å². The van der Waals surface area contributed by atoms with Crippen LogP contribution in [0.5, 0.6) is 0 Å². The maximum Gasteiger partial charge on any atom is 0.246 e. The number of aromatic nitrogens is 4. The molecule has 8 nitrogen and oxygen atoms in total. The SMILES string of the molecule is O=C(Cn1cc(Cn2cc(CCCC(=O)NC3CCCCCC3)c3ccccc32)nn1)Nc1ccc(F)c(Cl)c1. The predicted molar refractivity (Wildman–Crippen MR) is 154 cm³/mol. The van der Waals surface area contributed by atoms with Crippen molar-refractivity contribution >= 4 is 40.0 Å². The fourth-order valence-corrected chi connectivity index (χ4v) is 5.58. The number of amides is 2. The van der Waals surface area contributed by atoms with Gasteiger partial charge < -0.3 is 15.2 Å². The molecule has 0 spiro atoms. The normalized spacial score (nSPS) is 14.2. The number of rotatable bonds is 10. The Morgan fingerprint density at radius 3 is 2.62 bits per heavy atom. The summed E-state index contributed by atoms with van der Waals surface area (Å²) in [6.07, 6.45) is 13.1. The van der Waals surface area contributed by atoms with Crippen LogP contribution < -0.4 is 10.6 Å². The van der Waals surface area contributed by atoms with Crippen LogP contribution in [0.15, 0.2) is 54.9 Å². The Hall–Kier alpha value is -3.72. The van der Waals surface area contributed by atoms with E-state index in [1.54, 1.807) is 6.20 Å². The van der Waals surface area contributed by atoms with Crippen LogP contribution in [0.4, 0.5) is 10.1 Å². The molecule has 0 aliphatic heterocycles. The number of nitrogens with zero attached hydrogens (tertiary/aromatic N) is 4. The minimum Gasteiger partial charge on any atom is -0.353 e. The van der Waals surface area contributed by atoms with E-state index in [9.17, 15) is 14.0 Å². The van der Waals surface area contributed by atoms with E-state index in [4.69, 9.17) is 11.6 Å². The Balaban J connectivity index is 1.17. The van der Waals surface area contributed by atoms with Crippen LogP contribution in [0.1, 0.15) is 62.6 Å². The average molecular weight is 565 g/mol. The van der Waals surface area contributed by atoms with Gasteiger partial charge in [0.2, 0.25) is 11.8 Å². The van der Waals surface area contributed by atoms with Crippen LogP contribution in [-0.2, 0) is 29.1 Å². The molecule has 0 bridgehead atoms. The molecule has 0 unspecified atom stereocenters. The molecule has 5 rings (SSSR count). The van der Waals surface area contributed by atoms with Crippen molar-refractivity contribution in [2.24, 2.45) is 0 Å². The summed E-state index contributed by atoms with van der Waals surface area (Å²) in [5, 5.41) is 15.4. The molecule has 10 heteroatoms. The number of carbonyl (C=O) groups excluding carboxylic acids is 2. The van der Waals surface area contributed by atoms with Crippen molar-refractivity contribution in [2.45, 2.75) is 76.9 Å². The zero-order valence-electron chi connectivity index (χ0n) is 22.4. The minimum absolute atomic E-state index is 0.0391. The molecule has 0 radical (unpaired) electrons. The van der Waals surface area contributed by atoms with E-state index in [0.717, 1.165) is 36.6 Å². The van der Waals surface area contributed by atoms with E-state index in [1.807, 2.05) is 12.1 Å². The molecule has 2 heterocycles. The second-order valence-corrected chi connectivity index (χ2v) is 10.9. The van der Waals surface area contributed by atoms with Crippen LogP contribution >= 0.6 is 11.6 Å². The largest absolute Gasteiger partial charge is 0.353 e. The maximum absolute atomic E-state index is 13.4. The smallest absolute Gasteiger partial charge is 0.246 e. The molecule has 1 fully saturated rings. The highest BCUT2D eigenvalue weighted by molar-refractivity contribution is 6.31. The zero-order valence-corrected chi connectivity index (χ0v) is 23.2. The molecule has 1 aliphatic carbocycles. The van der Waals surface area contributed by atoms with Crippen LogP contribution in [-0.4, -0.2) is 37.4 Å². The molecule has 2 aromatic heterocycles. The fraction of sp³-hybridized carbons (Fsp3) is 0.400. The number of hydrogen-bond acceptors (Lipinski definition) is 4. The molecule has 1 saturated carbocycles. The first-order valence-corrected chi connectivity index (χ1v) is 14.3. The van der Waals surface area contributed by atoms with Gasteiger partial charge in [-0.25, -0.2) is 9.07 Å². The summed E-state index contributed by atoms with van der Waals surface area (Å²) in [5.74, 6) is -0.716. The van der Waals surface area contributed by atoms with Gasteiger partial charge in [-0.15, -0.1) is 5.10 Å². The van der Waals surface area contributed by atoms with Gasteiger partial charge in [-0.2, -0.15) is 0 Å². The highest BCUT2D eigenvalue weighted by Crippen LogP contribution is 2.24. The number of hydrogen-bond donors (Lipinski definition) is 2. The third-order valence-corrected chi connectivity index (χ3v) is 7.66. The Morgan fingerprint density at radius 2 is 1.82 bits per heavy atom. The molecular weight excluding hydrogens is 531 g/mol. The first-order valence-electron chi connectivity index (χ1n) is 13.9. The van der Waals surface area contributed by atoms with E-state index in [2.05, 4.69) is 43.8 Å². The van der Waals surface area contributed by atoms with Gasteiger partial charge in [0.25, 0.3) is 0 Å². The second-order valence-electron chi connectivity index (χ2n) is 10.5. The molecule has 2 aromatic carbocycles. The molecule has 2 amide bonds. The summed E-state index contributed by atoms with van der Waals surface area (Å²) < 4.78 is 17.0. The Labute approximate surface area is 237 Å². The van der Waals surface area contributed by atoms with Crippen molar-refractivity contribution in [3.05, 3.63) is 77.0 Å². The van der Waals surface area contributed by atoms with Crippen molar-refractivity contribution in [1.82, 2.24) is 24.9 Å². The number of halogens is 2. The summed E-state index contributed by atoms with van der Waals surface area (Å²) in [7, 11) is 0. The van der Waals surface area contributed by atoms with Gasteiger partial charge in [0, 0.05) is 35.2 Å². The number of fused-ring (bicyclic) bond motifs is 1. The van der Waals surface area contributed by atoms with E-state index in [-0.39, 0.29) is 23.4 Å². The lowest BCUT2D eigenvalue weighted by atomic mass is 10.1. The lowest BCUT2D eigenvalue weighted by Crippen LogP contribution is -2.34. The highest BCUT2D eigenvalue weighted by Gasteiger charge is 2.16. The zero-order chi connectivity index (χ0) is 27.9. The molecule has 1 aliphatic rings. The second kappa shape index (κ2) is 13.1. The van der Waals surface area contributed by atoms with E-state index in [0.29, 0.717) is 30.4 Å². The molecule has 40 heavy (non-hydrogen) atoms. The summed E-state index contributed by atoms with van der Waals surface area (Å²) >= 11 is 5.79. The van der Waals surface area contributed by atoms with Crippen molar-refractivity contribution in [1.29, 1.82) is 0 Å². The average Bonchev–Trinajstić information content (AvgIpc) is 3.41. The van der Waals surface area contributed by atoms with Crippen molar-refractivity contribution in [2.75, 3.05) is 5.32 Å². The molecule has 2 N–H and O–H groups in total. The van der Waals surface area contributed by atoms with Crippen molar-refractivity contribution in [3.8, 4) is 0 Å². The molecule has 0 atom stereocenters. The van der Waals surface area contributed by atoms with Gasteiger partial charge in [-0.3, -0.25) is 9.59 Å². The third-order valence-electron chi connectivity index (χ3n) is 7.37. The number of carbonyl (C=O) groups is 2. The van der Waals surface area contributed by atoms with Gasteiger partial charge in [-0.05, 0) is 55.5 Å². The van der Waals surface area contributed by atoms with Gasteiger partial charge >= 0.3 is 0 Å². The molecule has 4 aromatic rings. The summed E-state index contributed by atoms with van der Waals surface area (Å²) in [6.45, 7) is 0.459. The fourth-order valence-electron chi connectivity index (χ4n) is 5.40. The molecular formula is C30H34ClFN6O2. The molecule has 210 valence electrons. The Bertz CT molecular complexity index is 1470. The van der Waals surface area contributed by atoms with E-state index in [1.165, 1.54) is 54.1 Å². The lowest BCUT2D eigenvalue weighted by molar-refractivity contribution is -0.122. The standard InChI is InChI=1S/C30H34ClFN6O2/c31-26-16-23(14-15-27(26)32)34-30(40)20-38-19-24(35-36-38)18-37-17-21(25-11-5-6-12-28(25)37)8-7-13-29(39)33-22-9-3-1-2-4-10-22/h5-6,11-12,14-17,19,22H,1-4,7-10,13,18,20H2,(H,33,39)(H,34,40). The number of para-hydroxylation sites is 1. The monoisotopic (exact) mass is 564 g/mol. The quantitative estimate of drug-likeness (QED) is 0.235. The first kappa shape index (κ1) is 27.8. The van der Waals surface area contributed by atoms with Crippen molar-refractivity contribution in [3.63, 3.8) is 0 Å². The summed E-state index contributed by atoms with van der Waals surface area (Å²) in [6, 6.07) is 12.6. The number of benzene rings is 2. The van der Waals surface area contributed by atoms with E-state index < -0.39 is 5.82 Å². The third kappa shape index (κ3) is 7.27. The van der Waals surface area contributed by atoms with Crippen molar-refractivity contribution < 1.29 is 14.0 Å². The first-order chi connectivity index (χ1) is 19.4. The van der Waals surface area contributed by atoms with Gasteiger partial charge in [0.1, 0.15) is 18.1 Å². The van der Waals surface area contributed by atoms with Crippen LogP contribution in [0.25, 0.3) is 10.9 Å². The number of aryl methyl sites for hydroxylation is 1. The van der Waals surface area contributed by atoms with Crippen LogP contribution in [0, 0.1) is 5.82 Å². The number of nitrogens with one attached hydrogen (secondary N) is 2. The summed E-state index contributed by atoms with van der Waals surface area (Å²) in [4.78, 5) is 25.0. The Morgan fingerprint density at radius 1 is 1.02 bits per heavy atom.